The molecule has 0 saturated heterocycles. The van der Waals surface area contributed by atoms with E-state index in [2.05, 4.69) is 26.1 Å². The molecule has 1 N–H and O–H groups in total. The summed E-state index contributed by atoms with van der Waals surface area (Å²) in [5.74, 6) is 1.61. The maximum Gasteiger partial charge on any atom is 0.407 e. The number of nitrogens with one attached hydrogen (secondary N) is 1. The van der Waals surface area contributed by atoms with Crippen LogP contribution in [0.1, 0.15) is 86.5 Å². The van der Waals surface area contributed by atoms with Crippen LogP contribution in [0.25, 0.3) is 0 Å². The molecule has 0 aromatic heterocycles. The van der Waals surface area contributed by atoms with Gasteiger partial charge in [-0.1, -0.05) is 33.6 Å². The van der Waals surface area contributed by atoms with E-state index in [4.69, 9.17) is 9.47 Å². The summed E-state index contributed by atoms with van der Waals surface area (Å²) in [6.07, 6.45) is 6.07. The number of esters is 1. The van der Waals surface area contributed by atoms with Crippen molar-refractivity contribution in [1.82, 2.24) is 5.32 Å². The van der Waals surface area contributed by atoms with Crippen LogP contribution in [0.2, 0.25) is 0 Å². The van der Waals surface area contributed by atoms with Crippen LogP contribution in [0, 0.1) is 17.8 Å². The normalized spacial score (nSPS) is 23.6. The second-order valence-corrected chi connectivity index (χ2v) is 9.09. The summed E-state index contributed by atoms with van der Waals surface area (Å²) in [6, 6.07) is 0. The van der Waals surface area contributed by atoms with Gasteiger partial charge in [0, 0.05) is 13.0 Å². The number of ether oxygens (including phenoxy) is 2. The van der Waals surface area contributed by atoms with E-state index in [1.807, 2.05) is 20.8 Å². The van der Waals surface area contributed by atoms with E-state index >= 15 is 0 Å². The van der Waals surface area contributed by atoms with E-state index < -0.39 is 5.60 Å². The Balaban J connectivity index is 2.17. The number of carbonyl (C=O) groups is 2. The molecule has 1 amide bonds. The standard InChI is InChI=1S/C21H39NO4/c1-15(2)17-12-11-16(3)14-18(17)25-19(23)10-8-7-9-13-22-20(24)26-21(4,5)6/h15-18H,7-14H2,1-6H3,(H,22,24). The van der Waals surface area contributed by atoms with Crippen molar-refractivity contribution in [2.75, 3.05) is 6.54 Å². The highest BCUT2D eigenvalue weighted by Crippen LogP contribution is 2.35. The fourth-order valence-corrected chi connectivity index (χ4v) is 3.55. The van der Waals surface area contributed by atoms with E-state index in [0.717, 1.165) is 32.1 Å². The zero-order chi connectivity index (χ0) is 19.7. The van der Waals surface area contributed by atoms with Crippen molar-refractivity contribution in [1.29, 1.82) is 0 Å². The maximum absolute atomic E-state index is 12.2. The lowest BCUT2D eigenvalue weighted by Gasteiger charge is -2.36. The Bertz CT molecular complexity index is 442. The van der Waals surface area contributed by atoms with Gasteiger partial charge in [-0.2, -0.15) is 0 Å². The molecule has 3 atom stereocenters. The van der Waals surface area contributed by atoms with Crippen LogP contribution in [0.5, 0.6) is 0 Å². The number of hydrogen-bond acceptors (Lipinski definition) is 4. The molecule has 0 heterocycles. The minimum Gasteiger partial charge on any atom is -0.462 e. The van der Waals surface area contributed by atoms with Gasteiger partial charge in [0.1, 0.15) is 11.7 Å². The fraction of sp³-hybridized carbons (Fsp3) is 0.905. The number of hydrogen-bond donors (Lipinski definition) is 1. The van der Waals surface area contributed by atoms with Gasteiger partial charge in [-0.15, -0.1) is 0 Å². The molecule has 5 nitrogen and oxygen atoms in total. The van der Waals surface area contributed by atoms with Crippen LogP contribution >= 0.6 is 0 Å². The molecular formula is C21H39NO4. The van der Waals surface area contributed by atoms with Crippen molar-refractivity contribution in [2.24, 2.45) is 17.8 Å². The van der Waals surface area contributed by atoms with Crippen molar-refractivity contribution in [3.63, 3.8) is 0 Å². The highest BCUT2D eigenvalue weighted by molar-refractivity contribution is 5.69. The lowest BCUT2D eigenvalue weighted by Crippen LogP contribution is -2.35. The zero-order valence-corrected chi connectivity index (χ0v) is 17.6. The van der Waals surface area contributed by atoms with E-state index in [9.17, 15) is 9.59 Å². The number of rotatable bonds is 8. The minimum atomic E-state index is -0.474. The Morgan fingerprint density at radius 2 is 1.81 bits per heavy atom. The molecule has 1 rings (SSSR count). The lowest BCUT2D eigenvalue weighted by atomic mass is 9.75. The molecule has 0 aromatic rings. The molecule has 0 aromatic carbocycles. The molecule has 1 aliphatic rings. The summed E-state index contributed by atoms with van der Waals surface area (Å²) < 4.78 is 11.0. The predicted octanol–water partition coefficient (Wildman–Crippen LogP) is 5.08. The summed E-state index contributed by atoms with van der Waals surface area (Å²) in [7, 11) is 0. The third-order valence-corrected chi connectivity index (χ3v) is 4.97. The minimum absolute atomic E-state index is 0.0742. The molecular weight excluding hydrogens is 330 g/mol. The SMILES string of the molecule is CC1CCC(C(C)C)C(OC(=O)CCCCCNC(=O)OC(C)(C)C)C1. The van der Waals surface area contributed by atoms with Gasteiger partial charge in [-0.05, 0) is 64.2 Å². The molecule has 5 heteroatoms. The van der Waals surface area contributed by atoms with Crippen LogP contribution < -0.4 is 5.32 Å². The topological polar surface area (TPSA) is 64.6 Å². The van der Waals surface area contributed by atoms with Gasteiger partial charge < -0.3 is 14.8 Å². The Morgan fingerprint density at radius 1 is 1.12 bits per heavy atom. The van der Waals surface area contributed by atoms with E-state index in [0.29, 0.717) is 30.7 Å². The fourth-order valence-electron chi connectivity index (χ4n) is 3.55. The Hall–Kier alpha value is -1.26. The van der Waals surface area contributed by atoms with Crippen LogP contribution in [0.4, 0.5) is 4.79 Å². The average Bonchev–Trinajstić information content (AvgIpc) is 2.48. The first-order valence-corrected chi connectivity index (χ1v) is 10.2. The summed E-state index contributed by atoms with van der Waals surface area (Å²) in [5.41, 5.74) is -0.474. The quantitative estimate of drug-likeness (QED) is 0.479. The van der Waals surface area contributed by atoms with Gasteiger partial charge in [-0.25, -0.2) is 4.79 Å². The van der Waals surface area contributed by atoms with E-state index in [-0.39, 0.29) is 18.2 Å². The highest BCUT2D eigenvalue weighted by Gasteiger charge is 2.33. The van der Waals surface area contributed by atoms with Gasteiger partial charge >= 0.3 is 12.1 Å². The first-order chi connectivity index (χ1) is 12.1. The van der Waals surface area contributed by atoms with Gasteiger partial charge in [0.05, 0.1) is 0 Å². The molecule has 26 heavy (non-hydrogen) atoms. The number of alkyl carbamates (subject to hydrolysis) is 1. The number of carbonyl (C=O) groups excluding carboxylic acids is 2. The first-order valence-electron chi connectivity index (χ1n) is 10.2. The summed E-state index contributed by atoms with van der Waals surface area (Å²) in [4.78, 5) is 23.7. The molecule has 0 radical (unpaired) electrons. The monoisotopic (exact) mass is 369 g/mol. The second-order valence-electron chi connectivity index (χ2n) is 9.09. The van der Waals surface area contributed by atoms with Crippen LogP contribution in [-0.2, 0) is 14.3 Å². The van der Waals surface area contributed by atoms with Gasteiger partial charge in [0.15, 0.2) is 0 Å². The van der Waals surface area contributed by atoms with Gasteiger partial charge in [0.25, 0.3) is 0 Å². The lowest BCUT2D eigenvalue weighted by molar-refractivity contribution is -0.156. The molecule has 0 aliphatic heterocycles. The number of unbranched alkanes of at least 4 members (excludes halogenated alkanes) is 2. The van der Waals surface area contributed by atoms with Gasteiger partial charge in [-0.3, -0.25) is 4.79 Å². The predicted molar refractivity (Wildman–Crippen MR) is 104 cm³/mol. The molecule has 1 aliphatic carbocycles. The summed E-state index contributed by atoms with van der Waals surface area (Å²) in [6.45, 7) is 12.8. The number of amides is 1. The second kappa shape index (κ2) is 10.8. The van der Waals surface area contributed by atoms with E-state index in [1.54, 1.807) is 0 Å². The van der Waals surface area contributed by atoms with Crippen molar-refractivity contribution >= 4 is 12.1 Å². The van der Waals surface area contributed by atoms with E-state index in [1.165, 1.54) is 6.42 Å². The summed E-state index contributed by atoms with van der Waals surface area (Å²) >= 11 is 0. The average molecular weight is 370 g/mol. The van der Waals surface area contributed by atoms with Gasteiger partial charge in [0.2, 0.25) is 0 Å². The van der Waals surface area contributed by atoms with Crippen molar-refractivity contribution in [2.45, 2.75) is 98.2 Å². The van der Waals surface area contributed by atoms with Crippen LogP contribution in [-0.4, -0.2) is 30.3 Å². The Labute approximate surface area is 159 Å². The van der Waals surface area contributed by atoms with Crippen LogP contribution in [0.3, 0.4) is 0 Å². The third kappa shape index (κ3) is 9.44. The summed E-state index contributed by atoms with van der Waals surface area (Å²) in [5, 5.41) is 2.74. The first kappa shape index (κ1) is 22.8. The third-order valence-electron chi connectivity index (χ3n) is 4.97. The smallest absolute Gasteiger partial charge is 0.407 e. The molecule has 0 spiro atoms. The highest BCUT2D eigenvalue weighted by atomic mass is 16.6. The Morgan fingerprint density at radius 3 is 2.42 bits per heavy atom. The molecule has 1 saturated carbocycles. The molecule has 0 bridgehead atoms. The van der Waals surface area contributed by atoms with Crippen molar-refractivity contribution in [3.8, 4) is 0 Å². The molecule has 152 valence electrons. The Kier molecular flexibility index (Phi) is 9.45. The largest absolute Gasteiger partial charge is 0.462 e. The van der Waals surface area contributed by atoms with Crippen molar-refractivity contribution in [3.05, 3.63) is 0 Å². The molecule has 3 unspecified atom stereocenters. The maximum atomic E-state index is 12.2. The van der Waals surface area contributed by atoms with Crippen molar-refractivity contribution < 1.29 is 19.1 Å². The zero-order valence-electron chi connectivity index (χ0n) is 17.6. The molecule has 1 fully saturated rings. The van der Waals surface area contributed by atoms with Crippen LogP contribution in [0.15, 0.2) is 0 Å².